The minimum absolute atomic E-state index is 0.169. The lowest BCUT2D eigenvalue weighted by atomic mass is 10.1. The largest absolute Gasteiger partial charge is 0.478 e. The van der Waals surface area contributed by atoms with Gasteiger partial charge < -0.3 is 5.11 Å². The van der Waals surface area contributed by atoms with E-state index in [0.717, 1.165) is 16.8 Å². The molecule has 3 aromatic carbocycles. The number of fused-ring (bicyclic) bond motifs is 1. The van der Waals surface area contributed by atoms with Crippen molar-refractivity contribution in [2.75, 3.05) is 4.72 Å². The SMILES string of the molecule is O=C(O)/C=C/C#Cc1cccc(NS(=O)(=O)c2ccc3ccccc3c2)c1. The molecule has 3 rings (SSSR count). The van der Waals surface area contributed by atoms with E-state index in [1.807, 2.05) is 24.3 Å². The van der Waals surface area contributed by atoms with E-state index in [0.29, 0.717) is 11.3 Å². The number of nitrogens with one attached hydrogen (secondary N) is 1. The predicted octanol–water partition coefficient (Wildman–Crippen LogP) is 3.63. The quantitative estimate of drug-likeness (QED) is 0.537. The topological polar surface area (TPSA) is 83.5 Å². The Bertz CT molecular complexity index is 1200. The molecule has 0 atom stereocenters. The van der Waals surface area contributed by atoms with Crippen LogP contribution in [-0.4, -0.2) is 19.5 Å². The number of anilines is 1. The number of aliphatic carboxylic acids is 1. The standard InChI is InChI=1S/C21H15NO4S/c23-21(24)11-4-1-6-16-7-5-10-19(14-16)22-27(25,26)20-13-12-17-8-2-3-9-18(17)15-20/h2-5,7-15,22H,(H,23,24)/b11-4+. The van der Waals surface area contributed by atoms with Gasteiger partial charge in [-0.05, 0) is 47.2 Å². The molecule has 0 radical (unpaired) electrons. The van der Waals surface area contributed by atoms with Crippen LogP contribution in [0.3, 0.4) is 0 Å². The van der Waals surface area contributed by atoms with Gasteiger partial charge in [0.05, 0.1) is 10.6 Å². The number of benzene rings is 3. The molecule has 0 aliphatic carbocycles. The van der Waals surface area contributed by atoms with Crippen LogP contribution in [0.5, 0.6) is 0 Å². The summed E-state index contributed by atoms with van der Waals surface area (Å²) >= 11 is 0. The molecule has 3 aromatic rings. The molecular weight excluding hydrogens is 362 g/mol. The van der Waals surface area contributed by atoms with Crippen LogP contribution in [-0.2, 0) is 14.8 Å². The first kappa shape index (κ1) is 18.2. The van der Waals surface area contributed by atoms with E-state index in [1.165, 1.54) is 6.08 Å². The van der Waals surface area contributed by atoms with Gasteiger partial charge in [0.2, 0.25) is 0 Å². The predicted molar refractivity (Wildman–Crippen MR) is 105 cm³/mol. The number of hydrogen-bond acceptors (Lipinski definition) is 3. The summed E-state index contributed by atoms with van der Waals surface area (Å²) in [7, 11) is -3.75. The van der Waals surface area contributed by atoms with Crippen LogP contribution in [0.4, 0.5) is 5.69 Å². The maximum Gasteiger partial charge on any atom is 0.328 e. The van der Waals surface area contributed by atoms with Crippen molar-refractivity contribution in [1.29, 1.82) is 0 Å². The van der Waals surface area contributed by atoms with Crippen LogP contribution in [0.1, 0.15) is 5.56 Å². The molecule has 0 spiro atoms. The van der Waals surface area contributed by atoms with Gasteiger partial charge in [-0.15, -0.1) is 0 Å². The highest BCUT2D eigenvalue weighted by Crippen LogP contribution is 2.21. The van der Waals surface area contributed by atoms with E-state index in [9.17, 15) is 13.2 Å². The van der Waals surface area contributed by atoms with Crippen molar-refractivity contribution < 1.29 is 18.3 Å². The molecule has 0 fully saturated rings. The Hall–Kier alpha value is -3.56. The van der Waals surface area contributed by atoms with Gasteiger partial charge >= 0.3 is 5.97 Å². The third-order valence-corrected chi connectivity index (χ3v) is 5.05. The van der Waals surface area contributed by atoms with Crippen LogP contribution in [0.2, 0.25) is 0 Å². The second-order valence-electron chi connectivity index (χ2n) is 5.64. The zero-order valence-electron chi connectivity index (χ0n) is 14.1. The molecule has 0 saturated carbocycles. The second kappa shape index (κ2) is 7.77. The Balaban J connectivity index is 1.84. The average molecular weight is 377 g/mol. The van der Waals surface area contributed by atoms with Gasteiger partial charge in [0.25, 0.3) is 10.0 Å². The number of carboxylic acids is 1. The molecule has 27 heavy (non-hydrogen) atoms. The summed E-state index contributed by atoms with van der Waals surface area (Å²) in [6, 6.07) is 19.1. The van der Waals surface area contributed by atoms with Gasteiger partial charge in [0.1, 0.15) is 0 Å². The zero-order valence-corrected chi connectivity index (χ0v) is 14.9. The number of allylic oxidation sites excluding steroid dienone is 1. The summed E-state index contributed by atoms with van der Waals surface area (Å²) < 4.78 is 27.9. The van der Waals surface area contributed by atoms with Gasteiger partial charge in [-0.25, -0.2) is 13.2 Å². The molecule has 0 unspecified atom stereocenters. The van der Waals surface area contributed by atoms with Gasteiger partial charge in [0.15, 0.2) is 0 Å². The number of hydrogen-bond donors (Lipinski definition) is 2. The summed E-state index contributed by atoms with van der Waals surface area (Å²) in [6.45, 7) is 0. The van der Waals surface area contributed by atoms with Gasteiger partial charge in [-0.3, -0.25) is 4.72 Å². The highest BCUT2D eigenvalue weighted by Gasteiger charge is 2.14. The Kier molecular flexibility index (Phi) is 5.25. The van der Waals surface area contributed by atoms with Crippen molar-refractivity contribution in [1.82, 2.24) is 0 Å². The first-order valence-corrected chi connectivity index (χ1v) is 9.45. The lowest BCUT2D eigenvalue weighted by Gasteiger charge is -2.09. The van der Waals surface area contributed by atoms with Crippen LogP contribution >= 0.6 is 0 Å². The normalized spacial score (nSPS) is 11.1. The maximum absolute atomic E-state index is 12.7. The third kappa shape index (κ3) is 4.75. The Morgan fingerprint density at radius 1 is 0.963 bits per heavy atom. The molecule has 0 aromatic heterocycles. The summed E-state index contributed by atoms with van der Waals surface area (Å²) in [5, 5.41) is 10.3. The van der Waals surface area contributed by atoms with Gasteiger partial charge in [-0.1, -0.05) is 48.2 Å². The van der Waals surface area contributed by atoms with Gasteiger partial charge in [-0.2, -0.15) is 0 Å². The van der Waals surface area contributed by atoms with Crippen LogP contribution in [0.25, 0.3) is 10.8 Å². The minimum Gasteiger partial charge on any atom is -0.478 e. The Labute approximate surface area is 157 Å². The highest BCUT2D eigenvalue weighted by molar-refractivity contribution is 7.92. The Morgan fingerprint density at radius 3 is 2.52 bits per heavy atom. The van der Waals surface area contributed by atoms with E-state index < -0.39 is 16.0 Å². The second-order valence-corrected chi connectivity index (χ2v) is 7.32. The summed E-state index contributed by atoms with van der Waals surface area (Å²) in [4.78, 5) is 10.6. The molecule has 134 valence electrons. The van der Waals surface area contributed by atoms with E-state index in [1.54, 1.807) is 42.5 Å². The monoisotopic (exact) mass is 377 g/mol. The van der Waals surface area contributed by atoms with E-state index in [4.69, 9.17) is 5.11 Å². The molecule has 6 heteroatoms. The lowest BCUT2D eigenvalue weighted by molar-refractivity contribution is -0.131. The lowest BCUT2D eigenvalue weighted by Crippen LogP contribution is -2.12. The molecular formula is C21H15NO4S. The molecule has 0 amide bonds. The summed E-state index contributed by atoms with van der Waals surface area (Å²) in [5.41, 5.74) is 0.931. The molecule has 0 bridgehead atoms. The highest BCUT2D eigenvalue weighted by atomic mass is 32.2. The van der Waals surface area contributed by atoms with Crippen molar-refractivity contribution in [2.45, 2.75) is 4.90 Å². The van der Waals surface area contributed by atoms with Crippen molar-refractivity contribution in [3.8, 4) is 11.8 Å². The molecule has 0 aliphatic heterocycles. The van der Waals surface area contributed by atoms with Crippen LogP contribution in [0.15, 0.2) is 83.8 Å². The van der Waals surface area contributed by atoms with Crippen molar-refractivity contribution in [3.63, 3.8) is 0 Å². The Morgan fingerprint density at radius 2 is 1.74 bits per heavy atom. The van der Waals surface area contributed by atoms with Crippen molar-refractivity contribution in [3.05, 3.63) is 84.4 Å². The average Bonchev–Trinajstić information content (AvgIpc) is 2.65. The number of carboxylic acid groups (broad SMARTS) is 1. The summed E-state index contributed by atoms with van der Waals surface area (Å²) in [6.07, 6.45) is 2.15. The first-order chi connectivity index (χ1) is 12.9. The van der Waals surface area contributed by atoms with Crippen LogP contribution < -0.4 is 4.72 Å². The molecule has 2 N–H and O–H groups in total. The summed E-state index contributed by atoms with van der Waals surface area (Å²) in [5.74, 6) is 4.26. The van der Waals surface area contributed by atoms with Crippen molar-refractivity contribution in [2.24, 2.45) is 0 Å². The zero-order chi connectivity index (χ0) is 19.3. The fourth-order valence-corrected chi connectivity index (χ4v) is 3.53. The number of carbonyl (C=O) groups is 1. The minimum atomic E-state index is -3.75. The fraction of sp³-hybridized carbons (Fsp3) is 0. The molecule has 0 saturated heterocycles. The van der Waals surface area contributed by atoms with E-state index >= 15 is 0 Å². The number of sulfonamides is 1. The smallest absolute Gasteiger partial charge is 0.328 e. The number of rotatable bonds is 4. The van der Waals surface area contributed by atoms with Crippen molar-refractivity contribution >= 4 is 32.5 Å². The molecule has 0 heterocycles. The van der Waals surface area contributed by atoms with Gasteiger partial charge in [0, 0.05) is 11.6 Å². The fourth-order valence-electron chi connectivity index (χ4n) is 2.45. The van der Waals surface area contributed by atoms with Crippen LogP contribution in [0, 0.1) is 11.8 Å². The van der Waals surface area contributed by atoms with E-state index in [-0.39, 0.29) is 4.90 Å². The molecule has 5 nitrogen and oxygen atoms in total. The first-order valence-electron chi connectivity index (χ1n) is 7.97. The molecule has 0 aliphatic rings. The maximum atomic E-state index is 12.7. The van der Waals surface area contributed by atoms with E-state index in [2.05, 4.69) is 16.6 Å². The third-order valence-electron chi connectivity index (χ3n) is 3.67.